The molecule has 7 nitrogen and oxygen atoms in total. The lowest BCUT2D eigenvalue weighted by atomic mass is 9.93. The molecule has 0 radical (unpaired) electrons. The number of nitrogens with zero attached hydrogens (tertiary/aromatic N) is 2. The average Bonchev–Trinajstić information content (AvgIpc) is 3.04. The summed E-state index contributed by atoms with van der Waals surface area (Å²) in [4.78, 5) is 42.8. The van der Waals surface area contributed by atoms with Crippen LogP contribution in [0.4, 0.5) is 0 Å². The summed E-state index contributed by atoms with van der Waals surface area (Å²) >= 11 is 0. The van der Waals surface area contributed by atoms with Crippen molar-refractivity contribution in [1.29, 1.82) is 0 Å². The Bertz CT molecular complexity index is 1600. The first kappa shape index (κ1) is 28.6. The van der Waals surface area contributed by atoms with Crippen molar-refractivity contribution in [3.8, 4) is 16.9 Å². The number of fused-ring (bicyclic) bond motifs is 1. The minimum atomic E-state index is -0.971. The molecular formula is C35H34N2O5. The van der Waals surface area contributed by atoms with Crippen LogP contribution in [-0.4, -0.2) is 59.4 Å². The monoisotopic (exact) mass is 562 g/mol. The van der Waals surface area contributed by atoms with Gasteiger partial charge in [0.2, 0.25) is 0 Å². The van der Waals surface area contributed by atoms with E-state index in [-0.39, 0.29) is 24.8 Å². The molecule has 214 valence electrons. The number of ether oxygens (including phenoxy) is 1. The van der Waals surface area contributed by atoms with Crippen LogP contribution in [0.3, 0.4) is 0 Å². The normalized spacial score (nSPS) is 12.4. The van der Waals surface area contributed by atoms with Crippen LogP contribution in [0, 0.1) is 0 Å². The number of methoxy groups -OCH3 is 1. The van der Waals surface area contributed by atoms with E-state index in [1.807, 2.05) is 77.7 Å². The van der Waals surface area contributed by atoms with Gasteiger partial charge in [-0.15, -0.1) is 0 Å². The lowest BCUT2D eigenvalue weighted by molar-refractivity contribution is -0.137. The number of hydrogen-bond acceptors (Lipinski definition) is 4. The predicted molar refractivity (Wildman–Crippen MR) is 162 cm³/mol. The molecule has 1 aliphatic rings. The first-order valence-corrected chi connectivity index (χ1v) is 14.1. The van der Waals surface area contributed by atoms with Crippen LogP contribution in [0.5, 0.6) is 5.75 Å². The molecule has 1 N–H and O–H groups in total. The van der Waals surface area contributed by atoms with Gasteiger partial charge in [-0.1, -0.05) is 72.8 Å². The number of carbonyl (C=O) groups excluding carboxylic acids is 2. The first-order chi connectivity index (χ1) is 20.4. The molecule has 0 aliphatic carbocycles. The summed E-state index contributed by atoms with van der Waals surface area (Å²) < 4.78 is 5.32. The second-order valence-electron chi connectivity index (χ2n) is 10.4. The van der Waals surface area contributed by atoms with Crippen LogP contribution in [0.2, 0.25) is 0 Å². The van der Waals surface area contributed by atoms with Gasteiger partial charge < -0.3 is 19.6 Å². The minimum Gasteiger partial charge on any atom is -0.497 e. The Morgan fingerprint density at radius 3 is 2.21 bits per heavy atom. The summed E-state index contributed by atoms with van der Waals surface area (Å²) in [7, 11) is 1.60. The van der Waals surface area contributed by atoms with E-state index in [0.29, 0.717) is 48.3 Å². The van der Waals surface area contributed by atoms with E-state index in [4.69, 9.17) is 4.74 Å². The van der Waals surface area contributed by atoms with Gasteiger partial charge in [-0.3, -0.25) is 14.4 Å². The number of carbonyl (C=O) groups is 3. The highest BCUT2D eigenvalue weighted by atomic mass is 16.5. The lowest BCUT2D eigenvalue weighted by Crippen LogP contribution is -2.36. The third-order valence-electron chi connectivity index (χ3n) is 7.71. The molecule has 0 fully saturated rings. The zero-order valence-corrected chi connectivity index (χ0v) is 23.7. The third kappa shape index (κ3) is 6.52. The Labute approximate surface area is 246 Å². The van der Waals surface area contributed by atoms with E-state index in [1.165, 1.54) is 5.56 Å². The van der Waals surface area contributed by atoms with Gasteiger partial charge in [0.25, 0.3) is 11.8 Å². The molecule has 0 spiro atoms. The molecule has 0 atom stereocenters. The number of amides is 2. The Morgan fingerprint density at radius 2 is 1.48 bits per heavy atom. The molecule has 4 aromatic rings. The average molecular weight is 563 g/mol. The van der Waals surface area contributed by atoms with Crippen molar-refractivity contribution in [2.24, 2.45) is 0 Å². The summed E-state index contributed by atoms with van der Waals surface area (Å²) in [6, 6.07) is 30.4. The zero-order chi connectivity index (χ0) is 29.5. The number of carboxylic acids is 1. The molecule has 0 saturated heterocycles. The topological polar surface area (TPSA) is 87.1 Å². The van der Waals surface area contributed by atoms with Crippen LogP contribution in [0.1, 0.15) is 43.8 Å². The van der Waals surface area contributed by atoms with Gasteiger partial charge in [-0.2, -0.15) is 0 Å². The van der Waals surface area contributed by atoms with Crippen molar-refractivity contribution in [2.75, 3.05) is 26.7 Å². The fourth-order valence-corrected chi connectivity index (χ4v) is 5.46. The van der Waals surface area contributed by atoms with Gasteiger partial charge >= 0.3 is 5.97 Å². The summed E-state index contributed by atoms with van der Waals surface area (Å²) in [5.41, 5.74) is 5.68. The number of benzene rings is 4. The van der Waals surface area contributed by atoms with E-state index in [1.54, 1.807) is 24.1 Å². The Balaban J connectivity index is 1.43. The molecule has 1 heterocycles. The van der Waals surface area contributed by atoms with Gasteiger partial charge in [0.05, 0.1) is 13.5 Å². The van der Waals surface area contributed by atoms with Crippen molar-refractivity contribution < 1.29 is 24.2 Å². The predicted octanol–water partition coefficient (Wildman–Crippen LogP) is 5.72. The maximum Gasteiger partial charge on any atom is 0.305 e. The van der Waals surface area contributed by atoms with E-state index in [2.05, 4.69) is 12.1 Å². The van der Waals surface area contributed by atoms with E-state index < -0.39 is 5.97 Å². The fourth-order valence-electron chi connectivity index (χ4n) is 5.46. The quantitative estimate of drug-likeness (QED) is 0.267. The first-order valence-electron chi connectivity index (χ1n) is 14.1. The highest BCUT2D eigenvalue weighted by Gasteiger charge is 2.26. The van der Waals surface area contributed by atoms with Crippen LogP contribution < -0.4 is 4.74 Å². The summed E-state index contributed by atoms with van der Waals surface area (Å²) in [5.74, 6) is -0.603. The number of aliphatic carboxylic acids is 1. The molecule has 0 bridgehead atoms. The molecule has 7 heteroatoms. The summed E-state index contributed by atoms with van der Waals surface area (Å²) in [5, 5.41) is 9.39. The van der Waals surface area contributed by atoms with Crippen molar-refractivity contribution in [3.05, 3.63) is 125 Å². The smallest absolute Gasteiger partial charge is 0.305 e. The Kier molecular flexibility index (Phi) is 8.97. The van der Waals surface area contributed by atoms with Crippen molar-refractivity contribution in [3.63, 3.8) is 0 Å². The molecule has 0 aromatic heterocycles. The van der Waals surface area contributed by atoms with Crippen LogP contribution in [-0.2, 0) is 24.2 Å². The standard InChI is InChI=1S/C35H34N2O5/c1-42-28-12-8-9-25(23-28)17-20-36(22-19-33(38)39)34(40)31-15-6-4-13-29(31)30-14-5-7-16-32(30)35(41)37-21-18-26-10-2-3-11-27(26)24-37/h2-16,23H,17-22,24H2,1H3,(H,38,39). The molecular weight excluding hydrogens is 528 g/mol. The number of rotatable bonds is 10. The lowest BCUT2D eigenvalue weighted by Gasteiger charge is -2.30. The largest absolute Gasteiger partial charge is 0.497 e. The van der Waals surface area contributed by atoms with Crippen LogP contribution >= 0.6 is 0 Å². The third-order valence-corrected chi connectivity index (χ3v) is 7.71. The molecule has 0 saturated carbocycles. The van der Waals surface area contributed by atoms with Crippen molar-refractivity contribution >= 4 is 17.8 Å². The second-order valence-corrected chi connectivity index (χ2v) is 10.4. The number of hydrogen-bond donors (Lipinski definition) is 1. The Hall–Kier alpha value is -4.91. The van der Waals surface area contributed by atoms with Gasteiger partial charge in [0.1, 0.15) is 5.75 Å². The van der Waals surface area contributed by atoms with Gasteiger partial charge in [-0.05, 0) is 64.9 Å². The van der Waals surface area contributed by atoms with Crippen molar-refractivity contribution in [2.45, 2.75) is 25.8 Å². The minimum absolute atomic E-state index is 0.0697. The molecule has 1 aliphatic heterocycles. The highest BCUT2D eigenvalue weighted by molar-refractivity contribution is 6.06. The van der Waals surface area contributed by atoms with E-state index >= 15 is 0 Å². The maximum atomic E-state index is 14.0. The van der Waals surface area contributed by atoms with E-state index in [9.17, 15) is 19.5 Å². The SMILES string of the molecule is COc1cccc(CCN(CCC(=O)O)C(=O)c2ccccc2-c2ccccc2C(=O)N2CCc3ccccc3C2)c1. The number of carboxylic acid groups (broad SMARTS) is 1. The molecule has 4 aromatic carbocycles. The molecule has 5 rings (SSSR count). The molecule has 42 heavy (non-hydrogen) atoms. The van der Waals surface area contributed by atoms with Crippen LogP contribution in [0.15, 0.2) is 97.1 Å². The fraction of sp³-hybridized carbons (Fsp3) is 0.229. The van der Waals surface area contributed by atoms with Gasteiger partial charge in [0, 0.05) is 37.3 Å². The molecule has 0 unspecified atom stereocenters. The van der Waals surface area contributed by atoms with Gasteiger partial charge in [-0.25, -0.2) is 0 Å². The van der Waals surface area contributed by atoms with Crippen LogP contribution in [0.25, 0.3) is 11.1 Å². The molecule has 2 amide bonds. The Morgan fingerprint density at radius 1 is 0.810 bits per heavy atom. The maximum absolute atomic E-state index is 14.0. The summed E-state index contributed by atoms with van der Waals surface area (Å²) in [6.07, 6.45) is 1.17. The van der Waals surface area contributed by atoms with Crippen molar-refractivity contribution in [1.82, 2.24) is 9.80 Å². The summed E-state index contributed by atoms with van der Waals surface area (Å²) in [6.45, 7) is 1.57. The van der Waals surface area contributed by atoms with Gasteiger partial charge in [0.15, 0.2) is 0 Å². The van der Waals surface area contributed by atoms with E-state index in [0.717, 1.165) is 23.3 Å². The second kappa shape index (κ2) is 13.2. The highest BCUT2D eigenvalue weighted by Crippen LogP contribution is 2.30. The zero-order valence-electron chi connectivity index (χ0n) is 23.7.